The van der Waals surface area contributed by atoms with Crippen LogP contribution >= 0.6 is 0 Å². The van der Waals surface area contributed by atoms with Crippen LogP contribution in [0.1, 0.15) is 12.8 Å². The molecule has 3 rings (SSSR count). The van der Waals surface area contributed by atoms with Crippen LogP contribution < -0.4 is 4.74 Å². The van der Waals surface area contributed by atoms with Gasteiger partial charge in [-0.2, -0.15) is 30.2 Å². The van der Waals surface area contributed by atoms with Gasteiger partial charge in [-0.05, 0) is 25.0 Å². The van der Waals surface area contributed by atoms with Crippen molar-refractivity contribution in [2.45, 2.75) is 37.3 Å². The predicted molar refractivity (Wildman–Crippen MR) is 94.4 cm³/mol. The van der Waals surface area contributed by atoms with Crippen LogP contribution in [0.2, 0.25) is 0 Å². The second-order valence-corrected chi connectivity index (χ2v) is 8.65. The van der Waals surface area contributed by atoms with E-state index in [-0.39, 0.29) is 18.2 Å². The molecular formula is C16H22F3N3O6S. The molecule has 1 N–H and O–H groups in total. The normalized spacial score (nSPS) is 25.1. The minimum Gasteiger partial charge on any atom is -0.485 e. The fraction of sp³-hybridized carbons (Fsp3) is 0.625. The number of halogens is 3. The molecule has 1 aromatic heterocycles. The highest BCUT2D eigenvalue weighted by Crippen LogP contribution is 2.33. The van der Waals surface area contributed by atoms with Crippen molar-refractivity contribution in [3.63, 3.8) is 0 Å². The number of alkyl halides is 3. The molecule has 2 fully saturated rings. The van der Waals surface area contributed by atoms with E-state index in [0.29, 0.717) is 18.9 Å². The van der Waals surface area contributed by atoms with Crippen LogP contribution in [0, 0.1) is 0 Å². The van der Waals surface area contributed by atoms with Crippen LogP contribution in [0.15, 0.2) is 24.5 Å². The van der Waals surface area contributed by atoms with Gasteiger partial charge in [-0.3, -0.25) is 4.98 Å². The molecule has 9 nitrogen and oxygen atoms in total. The Morgan fingerprint density at radius 3 is 2.59 bits per heavy atom. The molecule has 0 unspecified atom stereocenters. The zero-order valence-electron chi connectivity index (χ0n) is 15.7. The molecule has 0 spiro atoms. The lowest BCUT2D eigenvalue weighted by molar-refractivity contribution is -0.192. The predicted octanol–water partition coefficient (Wildman–Crippen LogP) is 1.13. The number of fused-ring (bicyclic) bond motifs is 1. The molecule has 0 saturated carbocycles. The minimum atomic E-state index is -5.08. The summed E-state index contributed by atoms with van der Waals surface area (Å²) < 4.78 is 71.3. The number of carboxylic acids is 1. The van der Waals surface area contributed by atoms with Crippen molar-refractivity contribution in [3.8, 4) is 5.75 Å². The lowest BCUT2D eigenvalue weighted by atomic mass is 10.0. The van der Waals surface area contributed by atoms with E-state index in [0.717, 1.165) is 12.8 Å². The van der Waals surface area contributed by atoms with E-state index < -0.39 is 22.4 Å². The highest BCUT2D eigenvalue weighted by Gasteiger charge is 2.50. The van der Waals surface area contributed by atoms with Gasteiger partial charge in [-0.15, -0.1) is 0 Å². The molecule has 0 aromatic carbocycles. The van der Waals surface area contributed by atoms with Gasteiger partial charge in [0, 0.05) is 26.9 Å². The fourth-order valence-corrected chi connectivity index (χ4v) is 4.36. The van der Waals surface area contributed by atoms with Gasteiger partial charge in [-0.25, -0.2) is 4.79 Å². The van der Waals surface area contributed by atoms with E-state index >= 15 is 0 Å². The molecule has 164 valence electrons. The molecule has 0 aliphatic carbocycles. The van der Waals surface area contributed by atoms with E-state index in [4.69, 9.17) is 19.4 Å². The Bertz CT molecular complexity index is 791. The maximum atomic E-state index is 12.5. The van der Waals surface area contributed by atoms with Gasteiger partial charge in [0.05, 0.1) is 18.8 Å². The van der Waals surface area contributed by atoms with Gasteiger partial charge >= 0.3 is 12.1 Å². The van der Waals surface area contributed by atoms with Crippen molar-refractivity contribution < 1.29 is 41.0 Å². The lowest BCUT2D eigenvalue weighted by Gasteiger charge is -2.32. The first kappa shape index (κ1) is 23.3. The average molecular weight is 441 g/mol. The fourth-order valence-electron chi connectivity index (χ4n) is 3.04. The number of aliphatic carboxylic acids is 1. The van der Waals surface area contributed by atoms with Gasteiger partial charge < -0.3 is 14.6 Å². The van der Waals surface area contributed by atoms with E-state index in [2.05, 4.69) is 4.98 Å². The first-order valence-electron chi connectivity index (χ1n) is 8.62. The van der Waals surface area contributed by atoms with E-state index in [9.17, 15) is 21.6 Å². The number of carboxylic acid groups (broad SMARTS) is 1. The second kappa shape index (κ2) is 9.24. The Balaban J connectivity index is 0.000000370. The van der Waals surface area contributed by atoms with Gasteiger partial charge in [0.25, 0.3) is 10.2 Å². The topological polar surface area (TPSA) is 109 Å². The summed E-state index contributed by atoms with van der Waals surface area (Å²) in [5, 5.41) is 7.12. The maximum Gasteiger partial charge on any atom is 0.490 e. The third kappa shape index (κ3) is 5.78. The summed E-state index contributed by atoms with van der Waals surface area (Å²) in [4.78, 5) is 12.9. The molecule has 1 aromatic rings. The number of hydrogen-bond donors (Lipinski definition) is 1. The molecule has 13 heteroatoms. The third-order valence-electron chi connectivity index (χ3n) is 4.35. The molecule has 3 heterocycles. The first-order chi connectivity index (χ1) is 13.4. The Kier molecular flexibility index (Phi) is 7.43. The maximum absolute atomic E-state index is 12.5. The minimum absolute atomic E-state index is 0.164. The van der Waals surface area contributed by atoms with Gasteiger partial charge in [0.15, 0.2) is 0 Å². The van der Waals surface area contributed by atoms with Crippen LogP contribution in [-0.4, -0.2) is 84.8 Å². The van der Waals surface area contributed by atoms with Crippen LogP contribution in [-0.2, 0) is 19.7 Å². The molecule has 2 aliphatic heterocycles. The van der Waals surface area contributed by atoms with Crippen molar-refractivity contribution in [1.29, 1.82) is 0 Å². The molecule has 0 radical (unpaired) electrons. The lowest BCUT2D eigenvalue weighted by Crippen LogP contribution is -2.47. The van der Waals surface area contributed by atoms with E-state index in [1.165, 1.54) is 8.61 Å². The number of ether oxygens (including phenoxy) is 2. The van der Waals surface area contributed by atoms with Crippen molar-refractivity contribution in [1.82, 2.24) is 13.6 Å². The van der Waals surface area contributed by atoms with E-state index in [1.807, 2.05) is 6.07 Å². The van der Waals surface area contributed by atoms with Gasteiger partial charge in [0.1, 0.15) is 18.0 Å². The molecular weight excluding hydrogens is 419 g/mol. The number of rotatable bonds is 4. The van der Waals surface area contributed by atoms with Gasteiger partial charge in [0.2, 0.25) is 0 Å². The summed E-state index contributed by atoms with van der Waals surface area (Å²) >= 11 is 0. The van der Waals surface area contributed by atoms with E-state index in [1.54, 1.807) is 32.6 Å². The summed E-state index contributed by atoms with van der Waals surface area (Å²) in [6, 6.07) is 3.44. The number of hydrogen-bond acceptors (Lipinski definition) is 6. The molecule has 2 aliphatic rings. The van der Waals surface area contributed by atoms with Crippen LogP contribution in [0.3, 0.4) is 0 Å². The SMILES string of the molecule is CN(C)S(=O)(=O)N1C[C@@H](Oc2cccnc2)[C@H]2OCCC[C@H]21.O=C(O)C(F)(F)F. The Hall–Kier alpha value is -1.96. The molecule has 0 bridgehead atoms. The first-order valence-corrected chi connectivity index (χ1v) is 10.0. The highest BCUT2D eigenvalue weighted by molar-refractivity contribution is 7.86. The summed E-state index contributed by atoms with van der Waals surface area (Å²) in [7, 11) is -0.391. The summed E-state index contributed by atoms with van der Waals surface area (Å²) in [5.74, 6) is -2.13. The number of aromatic nitrogens is 1. The third-order valence-corrected chi connectivity index (χ3v) is 6.29. The Morgan fingerprint density at radius 2 is 2.07 bits per heavy atom. The second-order valence-electron chi connectivity index (χ2n) is 6.55. The van der Waals surface area contributed by atoms with Crippen molar-refractivity contribution in [2.75, 3.05) is 27.2 Å². The number of nitrogens with zero attached hydrogens (tertiary/aromatic N) is 3. The van der Waals surface area contributed by atoms with Crippen molar-refractivity contribution in [2.24, 2.45) is 0 Å². The standard InChI is InChI=1S/C14H21N3O4S.C2HF3O2/c1-16(2)22(18,19)17-10-13(14-12(17)6-4-8-20-14)21-11-5-3-7-15-9-11;3-2(4,5)1(6)7/h3,5,7,9,12-14H,4,6,8,10H2,1-2H3;(H,6,7)/t12-,13-,14+;/m1./s1. The van der Waals surface area contributed by atoms with Gasteiger partial charge in [-0.1, -0.05) is 0 Å². The summed E-state index contributed by atoms with van der Waals surface area (Å²) in [5.41, 5.74) is 0. The quantitative estimate of drug-likeness (QED) is 0.746. The van der Waals surface area contributed by atoms with Crippen LogP contribution in [0.25, 0.3) is 0 Å². The summed E-state index contributed by atoms with van der Waals surface area (Å²) in [6.07, 6.45) is -0.677. The van der Waals surface area contributed by atoms with Crippen LogP contribution in [0.4, 0.5) is 13.2 Å². The van der Waals surface area contributed by atoms with Crippen LogP contribution in [0.5, 0.6) is 5.75 Å². The zero-order chi connectivity index (χ0) is 21.8. The monoisotopic (exact) mass is 441 g/mol. The molecule has 2 saturated heterocycles. The van der Waals surface area contributed by atoms with Crippen molar-refractivity contribution in [3.05, 3.63) is 24.5 Å². The molecule has 29 heavy (non-hydrogen) atoms. The van der Waals surface area contributed by atoms with Crippen molar-refractivity contribution >= 4 is 16.2 Å². The zero-order valence-corrected chi connectivity index (χ0v) is 16.6. The average Bonchev–Trinajstić information content (AvgIpc) is 3.01. The molecule has 3 atom stereocenters. The highest BCUT2D eigenvalue weighted by atomic mass is 32.2. The Labute approximate surface area is 166 Å². The Morgan fingerprint density at radius 1 is 1.41 bits per heavy atom. The number of pyridine rings is 1. The summed E-state index contributed by atoms with van der Waals surface area (Å²) in [6.45, 7) is 0.939. The largest absolute Gasteiger partial charge is 0.490 e. The number of carbonyl (C=O) groups is 1. The molecule has 0 amide bonds. The smallest absolute Gasteiger partial charge is 0.485 e.